The molecule has 3 nitrogen and oxygen atoms in total. The van der Waals surface area contributed by atoms with Gasteiger partial charge in [0.05, 0.1) is 5.25 Å². The Hall–Kier alpha value is -0.870. The van der Waals surface area contributed by atoms with Crippen molar-refractivity contribution in [1.29, 1.82) is 0 Å². The van der Waals surface area contributed by atoms with E-state index in [1.165, 1.54) is 17.4 Å². The first-order chi connectivity index (χ1) is 7.70. The summed E-state index contributed by atoms with van der Waals surface area (Å²) in [5.41, 5.74) is 9.42. The molecule has 2 N–H and O–H groups in total. The van der Waals surface area contributed by atoms with E-state index in [9.17, 15) is 8.42 Å². The van der Waals surface area contributed by atoms with Gasteiger partial charge in [-0.05, 0) is 32.8 Å². The van der Waals surface area contributed by atoms with E-state index in [0.717, 1.165) is 5.56 Å². The number of sulfone groups is 1. The molecule has 0 spiro atoms. The summed E-state index contributed by atoms with van der Waals surface area (Å²) in [5.74, 6) is 0. The first-order valence-corrected chi connectivity index (χ1v) is 7.67. The Kier molecular flexibility index (Phi) is 4.33. The quantitative estimate of drug-likeness (QED) is 0.889. The fourth-order valence-corrected chi connectivity index (χ4v) is 2.67. The third-order valence-electron chi connectivity index (χ3n) is 3.03. The molecule has 0 saturated carbocycles. The van der Waals surface area contributed by atoms with Crippen LogP contribution in [0.2, 0.25) is 0 Å². The van der Waals surface area contributed by atoms with E-state index in [4.69, 9.17) is 5.73 Å². The van der Waals surface area contributed by atoms with Crippen LogP contribution in [0.1, 0.15) is 23.6 Å². The third kappa shape index (κ3) is 4.13. The average Bonchev–Trinajstić information content (AvgIpc) is 2.13. The molecule has 2 unspecified atom stereocenters. The Bertz CT molecular complexity index is 474. The maximum absolute atomic E-state index is 11.4. The van der Waals surface area contributed by atoms with Crippen molar-refractivity contribution >= 4 is 9.84 Å². The van der Waals surface area contributed by atoms with Crippen molar-refractivity contribution in [3.63, 3.8) is 0 Å². The van der Waals surface area contributed by atoms with Crippen LogP contribution in [0.5, 0.6) is 0 Å². The molecule has 1 rings (SSSR count). The lowest BCUT2D eigenvalue weighted by molar-refractivity contribution is 0.562. The summed E-state index contributed by atoms with van der Waals surface area (Å²) in [6, 6.07) is 5.85. The summed E-state index contributed by atoms with van der Waals surface area (Å²) in [6.45, 7) is 5.73. The molecule has 1 aromatic carbocycles. The van der Waals surface area contributed by atoms with Gasteiger partial charge in [-0.3, -0.25) is 0 Å². The van der Waals surface area contributed by atoms with E-state index in [1.807, 2.05) is 13.8 Å². The van der Waals surface area contributed by atoms with E-state index in [-0.39, 0.29) is 6.04 Å². The van der Waals surface area contributed by atoms with Crippen LogP contribution in [0.3, 0.4) is 0 Å². The molecular formula is C13H21NO2S. The van der Waals surface area contributed by atoms with Crippen LogP contribution in [0, 0.1) is 13.8 Å². The van der Waals surface area contributed by atoms with Crippen molar-refractivity contribution in [2.45, 2.75) is 38.5 Å². The van der Waals surface area contributed by atoms with Crippen molar-refractivity contribution in [3.05, 3.63) is 34.9 Å². The molecule has 0 heterocycles. The number of aryl methyl sites for hydroxylation is 2. The van der Waals surface area contributed by atoms with Gasteiger partial charge in [0.2, 0.25) is 0 Å². The van der Waals surface area contributed by atoms with Gasteiger partial charge in [-0.25, -0.2) is 8.42 Å². The third-order valence-corrected chi connectivity index (χ3v) is 4.73. The van der Waals surface area contributed by atoms with Gasteiger partial charge in [0.25, 0.3) is 0 Å². The minimum absolute atomic E-state index is 0.355. The van der Waals surface area contributed by atoms with E-state index in [1.54, 1.807) is 6.92 Å². The van der Waals surface area contributed by atoms with Crippen molar-refractivity contribution < 1.29 is 8.42 Å². The summed E-state index contributed by atoms with van der Waals surface area (Å²) in [6.07, 6.45) is 1.83. The Morgan fingerprint density at radius 2 is 1.65 bits per heavy atom. The minimum Gasteiger partial charge on any atom is -0.326 e. The Balaban J connectivity index is 2.84. The Labute approximate surface area is 104 Å². The van der Waals surface area contributed by atoms with Crippen LogP contribution in [-0.2, 0) is 16.3 Å². The minimum atomic E-state index is -3.07. The van der Waals surface area contributed by atoms with Crippen LogP contribution in [0.4, 0.5) is 0 Å². The fraction of sp³-hybridized carbons (Fsp3) is 0.538. The van der Waals surface area contributed by atoms with Gasteiger partial charge in [0.1, 0.15) is 0 Å². The van der Waals surface area contributed by atoms with E-state index in [2.05, 4.69) is 18.2 Å². The Morgan fingerprint density at radius 1 is 1.18 bits per heavy atom. The zero-order valence-electron chi connectivity index (χ0n) is 10.9. The molecular weight excluding hydrogens is 234 g/mol. The molecule has 17 heavy (non-hydrogen) atoms. The molecule has 0 aliphatic heterocycles. The van der Waals surface area contributed by atoms with Crippen LogP contribution < -0.4 is 5.73 Å². The largest absolute Gasteiger partial charge is 0.326 e. The second kappa shape index (κ2) is 5.19. The maximum atomic E-state index is 11.4. The molecule has 0 fully saturated rings. The van der Waals surface area contributed by atoms with Gasteiger partial charge >= 0.3 is 0 Å². The predicted molar refractivity (Wildman–Crippen MR) is 71.9 cm³/mol. The first-order valence-electron chi connectivity index (χ1n) is 5.72. The van der Waals surface area contributed by atoms with E-state index < -0.39 is 15.1 Å². The van der Waals surface area contributed by atoms with Crippen LogP contribution in [0.15, 0.2) is 18.2 Å². The molecule has 0 radical (unpaired) electrons. The summed E-state index contributed by atoms with van der Waals surface area (Å²) in [7, 11) is -3.07. The van der Waals surface area contributed by atoms with Gasteiger partial charge in [-0.1, -0.05) is 29.3 Å². The summed E-state index contributed by atoms with van der Waals surface area (Å²) in [4.78, 5) is 0. The second-order valence-corrected chi connectivity index (χ2v) is 7.30. The SMILES string of the molecule is Cc1cc(C)cc(CC(N)C(C)S(C)(=O)=O)c1. The highest BCUT2D eigenvalue weighted by molar-refractivity contribution is 7.91. The summed E-state index contributed by atoms with van der Waals surface area (Å²) in [5, 5.41) is -0.511. The molecule has 4 heteroatoms. The van der Waals surface area contributed by atoms with Gasteiger partial charge < -0.3 is 5.73 Å². The van der Waals surface area contributed by atoms with Gasteiger partial charge in [0, 0.05) is 12.3 Å². The lowest BCUT2D eigenvalue weighted by atomic mass is 10.0. The molecule has 0 aromatic heterocycles. The molecule has 1 aromatic rings. The van der Waals surface area contributed by atoms with Crippen molar-refractivity contribution in [2.24, 2.45) is 5.73 Å². The summed E-state index contributed by atoms with van der Waals surface area (Å²) < 4.78 is 22.8. The van der Waals surface area contributed by atoms with Crippen LogP contribution in [-0.4, -0.2) is 26.0 Å². The standard InChI is InChI=1S/C13H21NO2S/c1-9-5-10(2)7-12(6-9)8-13(14)11(3)17(4,15)16/h5-7,11,13H,8,14H2,1-4H3. The molecule has 0 amide bonds. The molecule has 0 saturated heterocycles. The number of rotatable bonds is 4. The average molecular weight is 255 g/mol. The predicted octanol–water partition coefficient (Wildman–Crippen LogP) is 1.61. The normalized spacial score (nSPS) is 15.6. The number of hydrogen-bond acceptors (Lipinski definition) is 3. The lowest BCUT2D eigenvalue weighted by Gasteiger charge is -2.18. The van der Waals surface area contributed by atoms with Crippen molar-refractivity contribution in [3.8, 4) is 0 Å². The van der Waals surface area contributed by atoms with Crippen molar-refractivity contribution in [2.75, 3.05) is 6.26 Å². The van der Waals surface area contributed by atoms with Gasteiger partial charge in [-0.15, -0.1) is 0 Å². The maximum Gasteiger partial charge on any atom is 0.151 e. The molecule has 2 atom stereocenters. The van der Waals surface area contributed by atoms with Gasteiger partial charge in [0.15, 0.2) is 9.84 Å². The summed E-state index contributed by atoms with van der Waals surface area (Å²) >= 11 is 0. The number of benzene rings is 1. The smallest absolute Gasteiger partial charge is 0.151 e. The van der Waals surface area contributed by atoms with Gasteiger partial charge in [-0.2, -0.15) is 0 Å². The van der Waals surface area contributed by atoms with Crippen LogP contribution >= 0.6 is 0 Å². The zero-order valence-corrected chi connectivity index (χ0v) is 11.7. The highest BCUT2D eigenvalue weighted by atomic mass is 32.2. The number of hydrogen-bond donors (Lipinski definition) is 1. The lowest BCUT2D eigenvalue weighted by Crippen LogP contribution is -2.39. The monoisotopic (exact) mass is 255 g/mol. The first kappa shape index (κ1) is 14.2. The molecule has 0 aliphatic carbocycles. The van der Waals surface area contributed by atoms with E-state index in [0.29, 0.717) is 6.42 Å². The Morgan fingerprint density at radius 3 is 2.06 bits per heavy atom. The highest BCUT2D eigenvalue weighted by Gasteiger charge is 2.22. The van der Waals surface area contributed by atoms with E-state index >= 15 is 0 Å². The zero-order chi connectivity index (χ0) is 13.2. The highest BCUT2D eigenvalue weighted by Crippen LogP contribution is 2.13. The molecule has 96 valence electrons. The fourth-order valence-electron chi connectivity index (χ4n) is 1.94. The topological polar surface area (TPSA) is 60.2 Å². The van der Waals surface area contributed by atoms with Crippen LogP contribution in [0.25, 0.3) is 0 Å². The van der Waals surface area contributed by atoms with Crippen molar-refractivity contribution in [1.82, 2.24) is 0 Å². The second-order valence-electron chi connectivity index (χ2n) is 4.90. The molecule has 0 bridgehead atoms. The molecule has 0 aliphatic rings. The number of nitrogens with two attached hydrogens (primary N) is 1.